The fourth-order valence-corrected chi connectivity index (χ4v) is 3.08. The Balaban J connectivity index is 1.48. The molecule has 0 aliphatic carbocycles. The van der Waals surface area contributed by atoms with Crippen molar-refractivity contribution in [3.63, 3.8) is 0 Å². The summed E-state index contributed by atoms with van der Waals surface area (Å²) in [6, 6.07) is 8.32. The molecule has 2 amide bonds. The Morgan fingerprint density at radius 3 is 2.93 bits per heavy atom. The van der Waals surface area contributed by atoms with Crippen LogP contribution < -0.4 is 20.5 Å². The van der Waals surface area contributed by atoms with E-state index in [1.807, 2.05) is 0 Å². The Hall–Kier alpha value is -3.72. The van der Waals surface area contributed by atoms with E-state index < -0.39 is 24.2 Å². The van der Waals surface area contributed by atoms with E-state index in [9.17, 15) is 18.8 Å². The van der Waals surface area contributed by atoms with Crippen molar-refractivity contribution in [1.82, 2.24) is 5.43 Å². The lowest BCUT2D eigenvalue weighted by Crippen LogP contribution is -2.44. The van der Waals surface area contributed by atoms with Crippen LogP contribution >= 0.6 is 11.6 Å². The first-order valence-electron chi connectivity index (χ1n) is 8.68. The molecule has 8 nitrogen and oxygen atoms in total. The van der Waals surface area contributed by atoms with Gasteiger partial charge in [-0.2, -0.15) is 5.10 Å². The Labute approximate surface area is 173 Å². The van der Waals surface area contributed by atoms with Gasteiger partial charge in [-0.3, -0.25) is 19.3 Å². The van der Waals surface area contributed by atoms with Crippen LogP contribution in [0.1, 0.15) is 5.56 Å². The molecule has 152 valence electrons. The molecule has 0 saturated heterocycles. The van der Waals surface area contributed by atoms with Gasteiger partial charge in [-0.1, -0.05) is 11.6 Å². The Kier molecular flexibility index (Phi) is 5.20. The van der Waals surface area contributed by atoms with Crippen molar-refractivity contribution in [2.45, 2.75) is 0 Å². The smallest absolute Gasteiger partial charge is 0.265 e. The maximum absolute atomic E-state index is 13.5. The minimum absolute atomic E-state index is 0.0972. The minimum Gasteiger partial charge on any atom is -0.482 e. The second-order valence-corrected chi connectivity index (χ2v) is 6.77. The van der Waals surface area contributed by atoms with Crippen LogP contribution in [0.3, 0.4) is 0 Å². The first-order valence-corrected chi connectivity index (χ1v) is 9.06. The molecule has 0 spiro atoms. The second-order valence-electron chi connectivity index (χ2n) is 6.33. The van der Waals surface area contributed by atoms with Crippen molar-refractivity contribution < 1.29 is 23.1 Å². The SMILES string of the molecule is O=C(CN1C(=O)COc2ccc(F)cc21)N/N=C/c1coc2ccc(Cl)cc2c1=O. The number of hydrogen-bond donors (Lipinski definition) is 1. The van der Waals surface area contributed by atoms with Crippen LogP contribution in [0, 0.1) is 5.82 Å². The molecule has 10 heteroatoms. The lowest BCUT2D eigenvalue weighted by Gasteiger charge is -2.28. The van der Waals surface area contributed by atoms with Crippen molar-refractivity contribution in [2.75, 3.05) is 18.1 Å². The highest BCUT2D eigenvalue weighted by atomic mass is 35.5. The van der Waals surface area contributed by atoms with Gasteiger partial charge >= 0.3 is 0 Å². The van der Waals surface area contributed by atoms with Crippen molar-refractivity contribution in [3.8, 4) is 5.75 Å². The van der Waals surface area contributed by atoms with Crippen LogP contribution in [0.2, 0.25) is 5.02 Å². The van der Waals surface area contributed by atoms with Crippen molar-refractivity contribution in [3.05, 3.63) is 69.3 Å². The van der Waals surface area contributed by atoms with E-state index in [1.54, 1.807) is 12.1 Å². The summed E-state index contributed by atoms with van der Waals surface area (Å²) in [6.45, 7) is -0.673. The maximum atomic E-state index is 13.5. The van der Waals surface area contributed by atoms with Crippen LogP contribution in [0.15, 0.2) is 57.0 Å². The number of rotatable bonds is 4. The van der Waals surface area contributed by atoms with Gasteiger partial charge in [-0.25, -0.2) is 9.82 Å². The summed E-state index contributed by atoms with van der Waals surface area (Å²) in [5.74, 6) is -1.43. The maximum Gasteiger partial charge on any atom is 0.265 e. The number of hydrazone groups is 1. The van der Waals surface area contributed by atoms with Gasteiger partial charge in [0, 0.05) is 11.1 Å². The lowest BCUT2D eigenvalue weighted by atomic mass is 10.2. The largest absolute Gasteiger partial charge is 0.482 e. The molecule has 1 N–H and O–H groups in total. The zero-order valence-corrected chi connectivity index (χ0v) is 16.0. The summed E-state index contributed by atoms with van der Waals surface area (Å²) in [7, 11) is 0. The predicted molar refractivity (Wildman–Crippen MR) is 107 cm³/mol. The molecule has 1 aromatic heterocycles. The molecule has 0 bridgehead atoms. The van der Waals surface area contributed by atoms with E-state index in [1.165, 1.54) is 24.5 Å². The standard InChI is InChI=1S/C20H13ClFN3O5/c21-12-1-3-16-14(5-12)20(28)11(9-29-16)7-23-24-18(26)8-25-15-6-13(22)2-4-17(15)30-10-19(25)27/h1-7,9H,8,10H2,(H,24,26)/b23-7+. The molecule has 4 rings (SSSR count). The third kappa shape index (κ3) is 3.87. The number of carbonyl (C=O) groups excluding carboxylic acids is 2. The Bertz CT molecular complexity index is 1260. The average molecular weight is 430 g/mol. The number of amides is 2. The number of ether oxygens (including phenoxy) is 1. The van der Waals surface area contributed by atoms with Crippen LogP contribution in [0.5, 0.6) is 5.75 Å². The van der Waals surface area contributed by atoms with E-state index in [0.29, 0.717) is 16.4 Å². The van der Waals surface area contributed by atoms with Crippen LogP contribution in [0.4, 0.5) is 10.1 Å². The molecule has 30 heavy (non-hydrogen) atoms. The van der Waals surface area contributed by atoms with E-state index >= 15 is 0 Å². The minimum atomic E-state index is -0.648. The zero-order chi connectivity index (χ0) is 21.3. The van der Waals surface area contributed by atoms with Crippen molar-refractivity contribution in [1.29, 1.82) is 0 Å². The number of fused-ring (bicyclic) bond motifs is 2. The van der Waals surface area contributed by atoms with E-state index in [0.717, 1.165) is 17.2 Å². The highest BCUT2D eigenvalue weighted by Crippen LogP contribution is 2.32. The second kappa shape index (κ2) is 7.96. The molecule has 0 atom stereocenters. The van der Waals surface area contributed by atoms with Gasteiger partial charge in [0.25, 0.3) is 11.8 Å². The van der Waals surface area contributed by atoms with Crippen LogP contribution in [-0.4, -0.2) is 31.2 Å². The number of hydrogen-bond acceptors (Lipinski definition) is 6. The summed E-state index contributed by atoms with van der Waals surface area (Å²) in [6.07, 6.45) is 2.33. The van der Waals surface area contributed by atoms with Crippen LogP contribution in [0.25, 0.3) is 11.0 Å². The molecule has 0 fully saturated rings. The van der Waals surface area contributed by atoms with Gasteiger partial charge < -0.3 is 9.15 Å². The third-order valence-corrected chi connectivity index (χ3v) is 4.55. The van der Waals surface area contributed by atoms with Crippen molar-refractivity contribution in [2.24, 2.45) is 5.10 Å². The molecule has 1 aliphatic heterocycles. The Morgan fingerprint density at radius 1 is 1.27 bits per heavy atom. The molecular weight excluding hydrogens is 417 g/mol. The molecule has 0 saturated carbocycles. The van der Waals surface area contributed by atoms with Gasteiger partial charge in [-0.15, -0.1) is 0 Å². The number of anilines is 1. The normalized spacial score (nSPS) is 13.4. The van der Waals surface area contributed by atoms with E-state index in [-0.39, 0.29) is 28.7 Å². The van der Waals surface area contributed by atoms with E-state index in [4.69, 9.17) is 20.8 Å². The highest BCUT2D eigenvalue weighted by Gasteiger charge is 2.27. The predicted octanol–water partition coefficient (Wildman–Crippen LogP) is 2.46. The number of carbonyl (C=O) groups is 2. The molecule has 2 aromatic carbocycles. The summed E-state index contributed by atoms with van der Waals surface area (Å²) in [5.41, 5.74) is 2.47. The summed E-state index contributed by atoms with van der Waals surface area (Å²) < 4.78 is 24.1. The molecule has 1 aliphatic rings. The quantitative estimate of drug-likeness (QED) is 0.507. The Morgan fingerprint density at radius 2 is 2.10 bits per heavy atom. The molecule has 0 unspecified atom stereocenters. The summed E-state index contributed by atoms with van der Waals surface area (Å²) in [4.78, 5) is 37.9. The summed E-state index contributed by atoms with van der Waals surface area (Å²) in [5, 5.41) is 4.39. The van der Waals surface area contributed by atoms with Gasteiger partial charge in [0.2, 0.25) is 5.43 Å². The van der Waals surface area contributed by atoms with Gasteiger partial charge in [0.1, 0.15) is 30.0 Å². The topological polar surface area (TPSA) is 101 Å². The van der Waals surface area contributed by atoms with E-state index in [2.05, 4.69) is 10.5 Å². The fourth-order valence-electron chi connectivity index (χ4n) is 2.91. The van der Waals surface area contributed by atoms with Gasteiger partial charge in [-0.05, 0) is 30.3 Å². The zero-order valence-electron chi connectivity index (χ0n) is 15.2. The van der Waals surface area contributed by atoms with Crippen molar-refractivity contribution >= 4 is 46.3 Å². The molecular formula is C20H13ClFN3O5. The van der Waals surface area contributed by atoms with Gasteiger partial charge in [0.05, 0.1) is 22.9 Å². The molecule has 2 heterocycles. The van der Waals surface area contributed by atoms with Gasteiger partial charge in [0.15, 0.2) is 6.61 Å². The first-order chi connectivity index (χ1) is 14.4. The number of nitrogens with zero attached hydrogens (tertiary/aromatic N) is 2. The number of halogens is 2. The number of nitrogens with one attached hydrogen (secondary N) is 1. The number of benzene rings is 2. The molecule has 0 radical (unpaired) electrons. The summed E-state index contributed by atoms with van der Waals surface area (Å²) >= 11 is 5.90. The fraction of sp³-hybridized carbons (Fsp3) is 0.100. The monoisotopic (exact) mass is 429 g/mol. The first kappa shape index (κ1) is 19.6. The van der Waals surface area contributed by atoms with Crippen LogP contribution in [-0.2, 0) is 9.59 Å². The lowest BCUT2D eigenvalue weighted by molar-refractivity contribution is -0.125. The molecule has 3 aromatic rings. The average Bonchev–Trinajstić information content (AvgIpc) is 2.72. The third-order valence-electron chi connectivity index (χ3n) is 4.32. The highest BCUT2D eigenvalue weighted by molar-refractivity contribution is 6.31.